The highest BCUT2D eigenvalue weighted by Gasteiger charge is 2.23. The number of nitrogens with zero attached hydrogens (tertiary/aromatic N) is 1. The van der Waals surface area contributed by atoms with Gasteiger partial charge in [-0.25, -0.2) is 0 Å². The minimum Gasteiger partial charge on any atom is -0.756 e. The average molecular weight is 959 g/mol. The summed E-state index contributed by atoms with van der Waals surface area (Å²) in [6.45, 7) is 4.49. The van der Waals surface area contributed by atoms with Crippen LogP contribution in [0.2, 0.25) is 0 Å². The molecule has 0 aromatic carbocycles. The SMILES string of the molecule is CC/C=C\C/C=C\C/C=C\C/C=C\C/C=C\CCCCCCCCCCCCCCCCCCCCCCCC(=O)NC(COP(=O)([O-])OCC[N+](C)(C)C)C(O)/C=C/CCCCCCCC. The van der Waals surface area contributed by atoms with Gasteiger partial charge in [-0.15, -0.1) is 0 Å². The maximum atomic E-state index is 12.9. The van der Waals surface area contributed by atoms with Crippen molar-refractivity contribution in [2.45, 2.75) is 251 Å². The van der Waals surface area contributed by atoms with Crippen LogP contribution in [0.1, 0.15) is 239 Å². The quantitative estimate of drug-likeness (QED) is 0.0272. The van der Waals surface area contributed by atoms with E-state index in [0.717, 1.165) is 70.6 Å². The molecule has 0 aliphatic carbocycles. The standard InChI is InChI=1S/C58H107N2O6P/c1-6-8-10-12-14-16-17-18-19-20-21-22-23-24-25-26-27-28-29-30-31-32-33-34-35-36-37-38-39-40-41-42-43-44-46-48-50-52-58(62)59-56(55-66-67(63,64)65-54-53-60(3,4)5)57(61)51-49-47-45-15-13-11-9-7-2/h8,10,14,16,18-19,21-22,24-25,49,51,56-57,61H,6-7,9,11-13,15,17,20,23,26-48,50,52-55H2,1-5H3,(H-,59,62,63,64)/b10-8-,16-14-,19-18-,22-21-,25-24-,51-49+. The van der Waals surface area contributed by atoms with Crippen molar-refractivity contribution in [2.75, 3.05) is 40.9 Å². The Hall–Kier alpha value is -2.06. The first kappa shape index (κ1) is 64.9. The Morgan fingerprint density at radius 3 is 1.33 bits per heavy atom. The van der Waals surface area contributed by atoms with Crippen molar-refractivity contribution >= 4 is 13.7 Å². The molecular formula is C58H107N2O6P. The van der Waals surface area contributed by atoms with Crippen molar-refractivity contribution in [1.29, 1.82) is 0 Å². The molecule has 67 heavy (non-hydrogen) atoms. The molecule has 0 saturated heterocycles. The van der Waals surface area contributed by atoms with Crippen LogP contribution in [-0.4, -0.2) is 68.5 Å². The van der Waals surface area contributed by atoms with Crippen LogP contribution in [0, 0.1) is 0 Å². The van der Waals surface area contributed by atoms with Gasteiger partial charge in [-0.3, -0.25) is 9.36 Å². The van der Waals surface area contributed by atoms with Gasteiger partial charge in [0, 0.05) is 6.42 Å². The van der Waals surface area contributed by atoms with E-state index in [-0.39, 0.29) is 19.1 Å². The van der Waals surface area contributed by atoms with Gasteiger partial charge in [0.15, 0.2) is 0 Å². The zero-order chi connectivity index (χ0) is 49.2. The van der Waals surface area contributed by atoms with E-state index in [9.17, 15) is 19.4 Å². The molecule has 0 bridgehead atoms. The minimum atomic E-state index is -4.58. The van der Waals surface area contributed by atoms with Crippen molar-refractivity contribution in [3.05, 3.63) is 72.9 Å². The molecule has 0 aliphatic rings. The summed E-state index contributed by atoms with van der Waals surface area (Å²) in [4.78, 5) is 25.3. The fourth-order valence-corrected chi connectivity index (χ4v) is 8.55. The number of quaternary nitrogens is 1. The number of amides is 1. The van der Waals surface area contributed by atoms with Crippen molar-refractivity contribution in [3.8, 4) is 0 Å². The van der Waals surface area contributed by atoms with Crippen molar-refractivity contribution in [2.24, 2.45) is 0 Å². The van der Waals surface area contributed by atoms with Gasteiger partial charge in [-0.1, -0.05) is 241 Å². The maximum absolute atomic E-state index is 12.9. The number of carbonyl (C=O) groups is 1. The smallest absolute Gasteiger partial charge is 0.268 e. The Balaban J connectivity index is 3.85. The lowest BCUT2D eigenvalue weighted by Gasteiger charge is -2.29. The van der Waals surface area contributed by atoms with E-state index in [0.29, 0.717) is 17.4 Å². The third-order valence-electron chi connectivity index (χ3n) is 12.2. The van der Waals surface area contributed by atoms with Gasteiger partial charge in [0.2, 0.25) is 5.91 Å². The molecule has 3 unspecified atom stereocenters. The molecule has 0 rings (SSSR count). The highest BCUT2D eigenvalue weighted by molar-refractivity contribution is 7.45. The first-order chi connectivity index (χ1) is 32.5. The molecule has 2 N–H and O–H groups in total. The normalized spacial score (nSPS) is 14.6. The number of hydrogen-bond acceptors (Lipinski definition) is 6. The van der Waals surface area contributed by atoms with Crippen LogP contribution in [0.4, 0.5) is 0 Å². The fraction of sp³-hybridized carbons (Fsp3) is 0.776. The molecule has 0 heterocycles. The number of aliphatic hydroxyl groups is 1. The Labute approximate surface area is 414 Å². The summed E-state index contributed by atoms with van der Waals surface area (Å²) < 4.78 is 23.2. The van der Waals surface area contributed by atoms with Crippen LogP contribution in [0.15, 0.2) is 72.9 Å². The van der Waals surface area contributed by atoms with Crippen LogP contribution < -0.4 is 10.2 Å². The predicted molar refractivity (Wildman–Crippen MR) is 288 cm³/mol. The van der Waals surface area contributed by atoms with E-state index in [1.54, 1.807) is 6.08 Å². The van der Waals surface area contributed by atoms with Crippen molar-refractivity contribution in [3.63, 3.8) is 0 Å². The monoisotopic (exact) mass is 959 g/mol. The van der Waals surface area contributed by atoms with Gasteiger partial charge in [0.1, 0.15) is 13.2 Å². The molecule has 3 atom stereocenters. The number of rotatable bonds is 50. The second-order valence-corrected chi connectivity index (χ2v) is 21.3. The number of phosphoric acid groups is 1. The van der Waals surface area contributed by atoms with E-state index in [2.05, 4.69) is 79.9 Å². The number of unbranched alkanes of at least 4 members (excludes halogenated alkanes) is 27. The van der Waals surface area contributed by atoms with Crippen LogP contribution in [0.3, 0.4) is 0 Å². The number of hydrogen-bond donors (Lipinski definition) is 2. The highest BCUT2D eigenvalue weighted by atomic mass is 31.2. The third-order valence-corrected chi connectivity index (χ3v) is 13.1. The zero-order valence-corrected chi connectivity index (χ0v) is 45.2. The lowest BCUT2D eigenvalue weighted by Crippen LogP contribution is -2.45. The third kappa shape index (κ3) is 51.6. The minimum absolute atomic E-state index is 0.00173. The highest BCUT2D eigenvalue weighted by Crippen LogP contribution is 2.38. The largest absolute Gasteiger partial charge is 0.756 e. The summed E-state index contributed by atoms with van der Waals surface area (Å²) >= 11 is 0. The Bertz CT molecular complexity index is 1320. The summed E-state index contributed by atoms with van der Waals surface area (Å²) in [5, 5.41) is 13.7. The Morgan fingerprint density at radius 2 is 0.910 bits per heavy atom. The van der Waals surface area contributed by atoms with Gasteiger partial charge >= 0.3 is 0 Å². The van der Waals surface area contributed by atoms with E-state index < -0.39 is 20.0 Å². The average Bonchev–Trinajstić information content (AvgIpc) is 3.29. The molecule has 0 fully saturated rings. The van der Waals surface area contributed by atoms with Gasteiger partial charge in [0.05, 0.1) is 39.9 Å². The van der Waals surface area contributed by atoms with Crippen LogP contribution in [-0.2, 0) is 18.4 Å². The molecule has 0 aliphatic heterocycles. The maximum Gasteiger partial charge on any atom is 0.268 e. The topological polar surface area (TPSA) is 108 Å². The molecule has 0 saturated carbocycles. The van der Waals surface area contributed by atoms with E-state index >= 15 is 0 Å². The summed E-state index contributed by atoms with van der Waals surface area (Å²) in [7, 11) is 1.26. The van der Waals surface area contributed by atoms with E-state index in [4.69, 9.17) is 9.05 Å². The summed E-state index contributed by atoms with van der Waals surface area (Å²) in [6.07, 6.45) is 67.3. The Morgan fingerprint density at radius 1 is 0.537 bits per heavy atom. The van der Waals surface area contributed by atoms with Crippen LogP contribution >= 0.6 is 7.82 Å². The molecule has 1 amide bonds. The van der Waals surface area contributed by atoms with Gasteiger partial charge in [-0.05, 0) is 64.2 Å². The van der Waals surface area contributed by atoms with Gasteiger partial charge < -0.3 is 28.8 Å². The number of likely N-dealkylation sites (N-methyl/N-ethyl adjacent to an activating group) is 1. The molecule has 0 aromatic rings. The van der Waals surface area contributed by atoms with Crippen LogP contribution in [0.5, 0.6) is 0 Å². The molecule has 390 valence electrons. The predicted octanol–water partition coefficient (Wildman–Crippen LogP) is 16.1. The first-order valence-electron chi connectivity index (χ1n) is 27.8. The van der Waals surface area contributed by atoms with E-state index in [1.807, 2.05) is 27.2 Å². The number of carbonyl (C=O) groups excluding carboxylic acids is 1. The summed E-state index contributed by atoms with van der Waals surface area (Å²) in [5.41, 5.74) is 0. The molecular weight excluding hydrogens is 852 g/mol. The molecule has 0 aromatic heterocycles. The second-order valence-electron chi connectivity index (χ2n) is 19.9. The number of aliphatic hydroxyl groups excluding tert-OH is 1. The fourth-order valence-electron chi connectivity index (χ4n) is 7.83. The Kier molecular flexibility index (Phi) is 47.4. The van der Waals surface area contributed by atoms with Crippen molar-refractivity contribution < 1.29 is 32.9 Å². The molecule has 0 spiro atoms. The number of phosphoric ester groups is 1. The first-order valence-corrected chi connectivity index (χ1v) is 29.3. The number of nitrogens with one attached hydrogen (secondary N) is 1. The van der Waals surface area contributed by atoms with Gasteiger partial charge in [0.25, 0.3) is 7.82 Å². The summed E-state index contributed by atoms with van der Waals surface area (Å²) in [5.74, 6) is -0.200. The molecule has 8 nitrogen and oxygen atoms in total. The second kappa shape index (κ2) is 48.9. The number of allylic oxidation sites excluding steroid dienone is 11. The lowest BCUT2D eigenvalue weighted by molar-refractivity contribution is -0.870. The van der Waals surface area contributed by atoms with Gasteiger partial charge in [-0.2, -0.15) is 0 Å². The van der Waals surface area contributed by atoms with E-state index in [1.165, 1.54) is 148 Å². The molecule has 0 radical (unpaired) electrons. The molecule has 9 heteroatoms. The van der Waals surface area contributed by atoms with Crippen molar-refractivity contribution in [1.82, 2.24) is 5.32 Å². The summed E-state index contributed by atoms with van der Waals surface area (Å²) in [6, 6.07) is -0.884. The van der Waals surface area contributed by atoms with Crippen LogP contribution in [0.25, 0.3) is 0 Å². The lowest BCUT2D eigenvalue weighted by atomic mass is 10.0. The zero-order valence-electron chi connectivity index (χ0n) is 44.3.